The summed E-state index contributed by atoms with van der Waals surface area (Å²) in [5.41, 5.74) is 9.05. The summed E-state index contributed by atoms with van der Waals surface area (Å²) >= 11 is 2.02. The molecule has 2 unspecified atom stereocenters. The molecule has 122 valence electrons. The standard InChI is InChI=1S/C17H27N3OS/c1-12-4-5-15(11-20-6-8-22-9-7-20)10-16(12)19-17(21)13(2)14(3)18/h4-5,10,13-14H,6-9,11,18H2,1-3H3,(H,19,21). The number of nitrogens with one attached hydrogen (secondary N) is 1. The quantitative estimate of drug-likeness (QED) is 0.875. The maximum atomic E-state index is 12.2. The molecule has 0 spiro atoms. The number of rotatable bonds is 5. The summed E-state index contributed by atoms with van der Waals surface area (Å²) in [6, 6.07) is 6.19. The number of anilines is 1. The van der Waals surface area contributed by atoms with Gasteiger partial charge in [0.05, 0.1) is 5.92 Å². The summed E-state index contributed by atoms with van der Waals surface area (Å²) in [4.78, 5) is 14.7. The van der Waals surface area contributed by atoms with Crippen LogP contribution in [0.15, 0.2) is 18.2 Å². The Hall–Kier alpha value is -1.04. The lowest BCUT2D eigenvalue weighted by molar-refractivity contribution is -0.119. The number of benzene rings is 1. The van der Waals surface area contributed by atoms with Crippen molar-refractivity contribution in [2.24, 2.45) is 11.7 Å². The Morgan fingerprint density at radius 2 is 2.05 bits per heavy atom. The first kappa shape index (κ1) is 17.3. The monoisotopic (exact) mass is 321 g/mol. The van der Waals surface area contributed by atoms with Gasteiger partial charge in [-0.1, -0.05) is 19.1 Å². The average molecular weight is 321 g/mol. The lowest BCUT2D eigenvalue weighted by Crippen LogP contribution is -2.34. The number of thioether (sulfide) groups is 1. The molecular weight excluding hydrogens is 294 g/mol. The summed E-state index contributed by atoms with van der Waals surface area (Å²) in [5.74, 6) is 2.22. The Bertz CT molecular complexity index is 513. The number of nitrogens with zero attached hydrogens (tertiary/aromatic N) is 1. The number of carbonyl (C=O) groups excluding carboxylic acids is 1. The van der Waals surface area contributed by atoms with E-state index in [1.54, 1.807) is 0 Å². The van der Waals surface area contributed by atoms with Crippen molar-refractivity contribution >= 4 is 23.4 Å². The van der Waals surface area contributed by atoms with Gasteiger partial charge >= 0.3 is 0 Å². The molecule has 1 aliphatic rings. The van der Waals surface area contributed by atoms with Gasteiger partial charge in [-0.15, -0.1) is 0 Å². The highest BCUT2D eigenvalue weighted by atomic mass is 32.2. The van der Waals surface area contributed by atoms with Crippen LogP contribution in [0.3, 0.4) is 0 Å². The van der Waals surface area contributed by atoms with Gasteiger partial charge in [0.2, 0.25) is 5.91 Å². The lowest BCUT2D eigenvalue weighted by Gasteiger charge is -2.26. The third-order valence-electron chi connectivity index (χ3n) is 4.27. The van der Waals surface area contributed by atoms with Crippen molar-refractivity contribution in [3.05, 3.63) is 29.3 Å². The summed E-state index contributed by atoms with van der Waals surface area (Å²) in [6.07, 6.45) is 0. The van der Waals surface area contributed by atoms with Gasteiger partial charge in [-0.05, 0) is 31.0 Å². The Balaban J connectivity index is 2.04. The second-order valence-corrected chi connectivity index (χ2v) is 7.40. The number of hydrogen-bond donors (Lipinski definition) is 2. The molecule has 0 saturated carbocycles. The molecule has 1 fully saturated rings. The molecule has 1 saturated heterocycles. The van der Waals surface area contributed by atoms with Crippen LogP contribution in [0.1, 0.15) is 25.0 Å². The fourth-order valence-corrected chi connectivity index (χ4v) is 3.38. The molecule has 3 N–H and O–H groups in total. The minimum absolute atomic E-state index is 0.00961. The van der Waals surface area contributed by atoms with Gasteiger partial charge in [0, 0.05) is 42.9 Å². The summed E-state index contributed by atoms with van der Waals surface area (Å²) in [7, 11) is 0. The molecule has 1 amide bonds. The van der Waals surface area contributed by atoms with Crippen molar-refractivity contribution in [3.8, 4) is 0 Å². The highest BCUT2D eigenvalue weighted by Gasteiger charge is 2.18. The van der Waals surface area contributed by atoms with E-state index in [-0.39, 0.29) is 17.9 Å². The Morgan fingerprint density at radius 3 is 2.68 bits per heavy atom. The summed E-state index contributed by atoms with van der Waals surface area (Å²) in [6.45, 7) is 8.98. The number of aryl methyl sites for hydroxylation is 1. The van der Waals surface area contributed by atoms with Crippen molar-refractivity contribution in [2.45, 2.75) is 33.4 Å². The molecule has 5 heteroatoms. The molecule has 1 heterocycles. The largest absolute Gasteiger partial charge is 0.327 e. The highest BCUT2D eigenvalue weighted by Crippen LogP contribution is 2.20. The van der Waals surface area contributed by atoms with Gasteiger partial charge in [0.25, 0.3) is 0 Å². The Labute approximate surface area is 137 Å². The van der Waals surface area contributed by atoms with Crippen molar-refractivity contribution in [1.29, 1.82) is 0 Å². The molecule has 0 aliphatic carbocycles. The van der Waals surface area contributed by atoms with Gasteiger partial charge in [-0.3, -0.25) is 9.69 Å². The number of amides is 1. The van der Waals surface area contributed by atoms with Crippen LogP contribution in [0.25, 0.3) is 0 Å². The maximum Gasteiger partial charge on any atom is 0.228 e. The van der Waals surface area contributed by atoms with Crippen LogP contribution in [-0.2, 0) is 11.3 Å². The van der Waals surface area contributed by atoms with Crippen molar-refractivity contribution in [2.75, 3.05) is 29.9 Å². The van der Waals surface area contributed by atoms with Gasteiger partial charge in [0.15, 0.2) is 0 Å². The summed E-state index contributed by atoms with van der Waals surface area (Å²) in [5, 5.41) is 3.03. The second kappa shape index (κ2) is 7.99. The van der Waals surface area contributed by atoms with Crippen molar-refractivity contribution in [3.63, 3.8) is 0 Å². The molecule has 1 aromatic rings. The van der Waals surface area contributed by atoms with Crippen LogP contribution in [0.5, 0.6) is 0 Å². The predicted octanol–water partition coefficient (Wildman–Crippen LogP) is 2.47. The lowest BCUT2D eigenvalue weighted by atomic mass is 10.0. The van der Waals surface area contributed by atoms with Crippen LogP contribution in [0, 0.1) is 12.8 Å². The number of carbonyl (C=O) groups is 1. The van der Waals surface area contributed by atoms with Gasteiger partial charge in [0.1, 0.15) is 0 Å². The molecule has 2 rings (SSSR count). The van der Waals surface area contributed by atoms with Gasteiger partial charge < -0.3 is 11.1 Å². The zero-order chi connectivity index (χ0) is 16.1. The van der Waals surface area contributed by atoms with E-state index in [2.05, 4.69) is 28.4 Å². The van der Waals surface area contributed by atoms with E-state index < -0.39 is 0 Å². The molecule has 1 aliphatic heterocycles. The van der Waals surface area contributed by atoms with Gasteiger partial charge in [-0.25, -0.2) is 0 Å². The first-order valence-corrected chi connectivity index (χ1v) is 9.09. The molecular formula is C17H27N3OS. The first-order valence-electron chi connectivity index (χ1n) is 7.93. The molecule has 4 nitrogen and oxygen atoms in total. The molecule has 0 aromatic heterocycles. The van der Waals surface area contributed by atoms with Crippen LogP contribution in [-0.4, -0.2) is 41.4 Å². The zero-order valence-corrected chi connectivity index (χ0v) is 14.6. The first-order chi connectivity index (χ1) is 10.5. The van der Waals surface area contributed by atoms with E-state index in [1.165, 1.54) is 17.1 Å². The van der Waals surface area contributed by atoms with Crippen molar-refractivity contribution in [1.82, 2.24) is 4.90 Å². The van der Waals surface area contributed by atoms with Crippen molar-refractivity contribution < 1.29 is 4.79 Å². The Kier molecular flexibility index (Phi) is 6.29. The van der Waals surface area contributed by atoms with Crippen LogP contribution in [0.2, 0.25) is 0 Å². The maximum absolute atomic E-state index is 12.2. The fourth-order valence-electron chi connectivity index (χ4n) is 2.40. The molecule has 22 heavy (non-hydrogen) atoms. The molecule has 1 aromatic carbocycles. The summed E-state index contributed by atoms with van der Waals surface area (Å²) < 4.78 is 0. The Morgan fingerprint density at radius 1 is 1.36 bits per heavy atom. The molecule has 0 bridgehead atoms. The van der Waals surface area contributed by atoms with Crippen LogP contribution < -0.4 is 11.1 Å². The molecule has 0 radical (unpaired) electrons. The van der Waals surface area contributed by atoms with E-state index in [0.717, 1.165) is 30.9 Å². The van der Waals surface area contributed by atoms with E-state index in [1.807, 2.05) is 32.5 Å². The smallest absolute Gasteiger partial charge is 0.228 e. The van der Waals surface area contributed by atoms with Crippen LogP contribution >= 0.6 is 11.8 Å². The minimum Gasteiger partial charge on any atom is -0.327 e. The van der Waals surface area contributed by atoms with E-state index in [4.69, 9.17) is 5.73 Å². The predicted molar refractivity (Wildman–Crippen MR) is 95.2 cm³/mol. The number of nitrogens with two attached hydrogens (primary N) is 1. The number of hydrogen-bond acceptors (Lipinski definition) is 4. The SMILES string of the molecule is Cc1ccc(CN2CCSCC2)cc1NC(=O)C(C)C(C)N. The third kappa shape index (κ3) is 4.73. The highest BCUT2D eigenvalue weighted by molar-refractivity contribution is 7.99. The minimum atomic E-state index is -0.192. The van der Waals surface area contributed by atoms with Crippen LogP contribution in [0.4, 0.5) is 5.69 Å². The van der Waals surface area contributed by atoms with Gasteiger partial charge in [-0.2, -0.15) is 11.8 Å². The van der Waals surface area contributed by atoms with E-state index >= 15 is 0 Å². The van der Waals surface area contributed by atoms with E-state index in [0.29, 0.717) is 0 Å². The third-order valence-corrected chi connectivity index (χ3v) is 5.21. The second-order valence-electron chi connectivity index (χ2n) is 6.17. The topological polar surface area (TPSA) is 58.4 Å². The normalized spacial score (nSPS) is 18.7. The zero-order valence-electron chi connectivity index (χ0n) is 13.8. The average Bonchev–Trinajstić information content (AvgIpc) is 2.50. The van der Waals surface area contributed by atoms with E-state index in [9.17, 15) is 4.79 Å². The molecule has 2 atom stereocenters. The fraction of sp³-hybridized carbons (Fsp3) is 0.588.